The number of nitrogens with one attached hydrogen (secondary N) is 1. The van der Waals surface area contributed by atoms with Crippen LogP contribution in [0.15, 0.2) is 54.7 Å². The number of rotatable bonds is 5. The summed E-state index contributed by atoms with van der Waals surface area (Å²) in [6.45, 7) is 0.369. The molecule has 1 amide bonds. The maximum absolute atomic E-state index is 12.2. The number of carbonyl (C=O) groups excluding carboxylic acids is 1. The number of aromatic nitrogens is 1. The first-order chi connectivity index (χ1) is 11.6. The first kappa shape index (κ1) is 16.3. The molecule has 5 nitrogen and oxygen atoms in total. The van der Waals surface area contributed by atoms with Crippen LogP contribution in [0, 0.1) is 0 Å². The molecule has 0 radical (unpaired) electrons. The van der Waals surface area contributed by atoms with Gasteiger partial charge >= 0.3 is 0 Å². The predicted molar refractivity (Wildman–Crippen MR) is 95.7 cm³/mol. The van der Waals surface area contributed by atoms with Crippen LogP contribution in [-0.2, 0) is 6.54 Å². The highest BCUT2D eigenvalue weighted by Crippen LogP contribution is 2.29. The van der Waals surface area contributed by atoms with E-state index in [2.05, 4.69) is 10.3 Å². The number of para-hydroxylation sites is 1. The predicted octanol–water partition coefficient (Wildman–Crippen LogP) is 4.10. The average molecular weight is 360 g/mol. The second-order valence-electron chi connectivity index (χ2n) is 4.90. The molecule has 0 bridgehead atoms. The van der Waals surface area contributed by atoms with Crippen molar-refractivity contribution in [1.82, 2.24) is 10.3 Å². The largest absolute Gasteiger partial charge is 0.447 e. The Bertz CT molecular complexity index is 852. The topological polar surface area (TPSA) is 77.2 Å². The van der Waals surface area contributed by atoms with Crippen molar-refractivity contribution < 1.29 is 9.53 Å². The minimum absolute atomic E-state index is 0.149. The molecule has 3 aromatic rings. The number of carbonyl (C=O) groups is 1. The van der Waals surface area contributed by atoms with E-state index in [0.717, 1.165) is 15.7 Å². The van der Waals surface area contributed by atoms with Gasteiger partial charge in [-0.25, -0.2) is 4.98 Å². The third kappa shape index (κ3) is 4.04. The van der Waals surface area contributed by atoms with E-state index in [1.165, 1.54) is 23.6 Å². The van der Waals surface area contributed by atoms with Gasteiger partial charge in [0.2, 0.25) is 0 Å². The van der Waals surface area contributed by atoms with Crippen LogP contribution in [0.4, 0.5) is 5.82 Å². The number of benzene rings is 1. The molecule has 24 heavy (non-hydrogen) atoms. The fraction of sp³-hybridized carbons (Fsp3) is 0.0588. The van der Waals surface area contributed by atoms with Gasteiger partial charge in [-0.2, -0.15) is 0 Å². The number of nitrogens with zero attached hydrogens (tertiary/aromatic N) is 1. The number of hydrogen-bond acceptors (Lipinski definition) is 5. The molecule has 122 valence electrons. The van der Waals surface area contributed by atoms with Gasteiger partial charge in [-0.1, -0.05) is 29.8 Å². The third-order valence-corrected chi connectivity index (χ3v) is 4.32. The van der Waals surface area contributed by atoms with Crippen LogP contribution in [-0.4, -0.2) is 10.9 Å². The van der Waals surface area contributed by atoms with Gasteiger partial charge in [-0.15, -0.1) is 11.3 Å². The highest BCUT2D eigenvalue weighted by molar-refractivity contribution is 7.13. The molecule has 2 heterocycles. The summed E-state index contributed by atoms with van der Waals surface area (Å²) in [4.78, 5) is 17.0. The fourth-order valence-electron chi connectivity index (χ4n) is 2.01. The van der Waals surface area contributed by atoms with Crippen molar-refractivity contribution in [2.24, 2.45) is 0 Å². The molecular weight excluding hydrogens is 346 g/mol. The monoisotopic (exact) mass is 359 g/mol. The van der Waals surface area contributed by atoms with Gasteiger partial charge in [-0.3, -0.25) is 4.79 Å². The molecule has 0 saturated carbocycles. The van der Waals surface area contributed by atoms with Gasteiger partial charge in [0, 0.05) is 11.1 Å². The van der Waals surface area contributed by atoms with Crippen molar-refractivity contribution >= 4 is 34.7 Å². The second kappa shape index (κ2) is 7.33. The Morgan fingerprint density at radius 3 is 2.83 bits per heavy atom. The van der Waals surface area contributed by atoms with Crippen molar-refractivity contribution in [1.29, 1.82) is 0 Å². The molecule has 0 aliphatic rings. The van der Waals surface area contributed by atoms with Crippen LogP contribution in [0.5, 0.6) is 10.8 Å². The highest BCUT2D eigenvalue weighted by Gasteiger charge is 2.12. The number of halogens is 1. The summed E-state index contributed by atoms with van der Waals surface area (Å²) in [7, 11) is 0. The molecule has 0 atom stereocenters. The van der Waals surface area contributed by atoms with Gasteiger partial charge in [-0.05, 0) is 30.3 Å². The van der Waals surface area contributed by atoms with E-state index in [9.17, 15) is 4.79 Å². The average Bonchev–Trinajstić information content (AvgIpc) is 3.03. The van der Waals surface area contributed by atoms with Gasteiger partial charge in [0.1, 0.15) is 11.6 Å². The number of amides is 1. The molecule has 0 unspecified atom stereocenters. The number of nitrogen functional groups attached to an aromatic ring is 1. The number of thiophene rings is 1. The standard InChI is InChI=1S/C17H14ClN3O2S/c18-11-8-14(16(19)20-9-11)17(22)21-10-13-6-7-15(24-13)23-12-4-2-1-3-5-12/h1-9H,10H2,(H2,19,20)(H,21,22). The van der Waals surface area contributed by atoms with Crippen molar-refractivity contribution in [3.8, 4) is 10.8 Å². The molecule has 0 saturated heterocycles. The maximum atomic E-state index is 12.2. The summed E-state index contributed by atoms with van der Waals surface area (Å²) in [6, 6.07) is 14.8. The molecule has 0 aliphatic heterocycles. The van der Waals surface area contributed by atoms with Gasteiger partial charge < -0.3 is 15.8 Å². The van der Waals surface area contributed by atoms with Gasteiger partial charge in [0.15, 0.2) is 5.06 Å². The number of pyridine rings is 1. The maximum Gasteiger partial charge on any atom is 0.255 e. The fourth-order valence-corrected chi connectivity index (χ4v) is 2.98. The highest BCUT2D eigenvalue weighted by atomic mass is 35.5. The zero-order chi connectivity index (χ0) is 16.9. The minimum Gasteiger partial charge on any atom is -0.447 e. The quantitative estimate of drug-likeness (QED) is 0.719. The Morgan fingerprint density at radius 2 is 2.04 bits per heavy atom. The third-order valence-electron chi connectivity index (χ3n) is 3.15. The van der Waals surface area contributed by atoms with Crippen molar-refractivity contribution in [3.05, 3.63) is 70.2 Å². The minimum atomic E-state index is -0.318. The van der Waals surface area contributed by atoms with Crippen LogP contribution < -0.4 is 15.8 Å². The summed E-state index contributed by atoms with van der Waals surface area (Å²) in [6.07, 6.45) is 1.40. The van der Waals surface area contributed by atoms with Crippen LogP contribution in [0.25, 0.3) is 0 Å². The van der Waals surface area contributed by atoms with Crippen LogP contribution in [0.2, 0.25) is 5.02 Å². The molecule has 3 N–H and O–H groups in total. The van der Waals surface area contributed by atoms with E-state index in [0.29, 0.717) is 11.6 Å². The lowest BCUT2D eigenvalue weighted by atomic mass is 10.2. The lowest BCUT2D eigenvalue weighted by molar-refractivity contribution is 0.0952. The number of hydrogen-bond donors (Lipinski definition) is 2. The SMILES string of the molecule is Nc1ncc(Cl)cc1C(=O)NCc1ccc(Oc2ccccc2)s1. The van der Waals surface area contributed by atoms with E-state index in [1.54, 1.807) is 0 Å². The summed E-state index contributed by atoms with van der Waals surface area (Å²) >= 11 is 7.31. The summed E-state index contributed by atoms with van der Waals surface area (Å²) in [5.41, 5.74) is 5.97. The number of nitrogens with two attached hydrogens (primary N) is 1. The molecule has 0 fully saturated rings. The lowest BCUT2D eigenvalue weighted by Gasteiger charge is -2.06. The van der Waals surface area contributed by atoms with E-state index < -0.39 is 0 Å². The van der Waals surface area contributed by atoms with Crippen molar-refractivity contribution in [2.75, 3.05) is 5.73 Å². The van der Waals surface area contributed by atoms with E-state index >= 15 is 0 Å². The molecular formula is C17H14ClN3O2S. The molecule has 2 aromatic heterocycles. The van der Waals surface area contributed by atoms with Crippen molar-refractivity contribution in [2.45, 2.75) is 6.54 Å². The zero-order valence-corrected chi connectivity index (χ0v) is 14.1. The molecule has 1 aromatic carbocycles. The van der Waals surface area contributed by atoms with Crippen LogP contribution in [0.3, 0.4) is 0 Å². The Balaban J connectivity index is 1.61. The van der Waals surface area contributed by atoms with Crippen molar-refractivity contribution in [3.63, 3.8) is 0 Å². The smallest absolute Gasteiger partial charge is 0.255 e. The molecule has 3 rings (SSSR count). The Kier molecular flexibility index (Phi) is 4.98. The van der Waals surface area contributed by atoms with Crippen LogP contribution >= 0.6 is 22.9 Å². The summed E-state index contributed by atoms with van der Waals surface area (Å²) in [5, 5.41) is 3.92. The first-order valence-electron chi connectivity index (χ1n) is 7.12. The molecule has 7 heteroatoms. The molecule has 0 aliphatic carbocycles. The zero-order valence-electron chi connectivity index (χ0n) is 12.5. The number of ether oxygens (including phenoxy) is 1. The first-order valence-corrected chi connectivity index (χ1v) is 8.32. The Labute approximate surface area is 148 Å². The lowest BCUT2D eigenvalue weighted by Crippen LogP contribution is -2.23. The van der Waals surface area contributed by atoms with Crippen LogP contribution in [0.1, 0.15) is 15.2 Å². The Hall–Kier alpha value is -2.57. The second-order valence-corrected chi connectivity index (χ2v) is 6.47. The molecule has 0 spiro atoms. The number of anilines is 1. The summed E-state index contributed by atoms with van der Waals surface area (Å²) in [5.74, 6) is 0.602. The Morgan fingerprint density at radius 1 is 1.25 bits per heavy atom. The normalized spacial score (nSPS) is 10.4. The van der Waals surface area contributed by atoms with E-state index in [1.807, 2.05) is 42.5 Å². The van der Waals surface area contributed by atoms with E-state index in [-0.39, 0.29) is 17.3 Å². The van der Waals surface area contributed by atoms with Gasteiger partial charge in [0.25, 0.3) is 5.91 Å². The summed E-state index contributed by atoms with van der Waals surface area (Å²) < 4.78 is 5.74. The van der Waals surface area contributed by atoms with Gasteiger partial charge in [0.05, 0.1) is 17.1 Å². The van der Waals surface area contributed by atoms with E-state index in [4.69, 9.17) is 22.1 Å².